The van der Waals surface area contributed by atoms with E-state index in [9.17, 15) is 8.78 Å². The third-order valence-corrected chi connectivity index (χ3v) is 2.87. The molecule has 3 N–H and O–H groups in total. The number of alkyl halides is 2. The summed E-state index contributed by atoms with van der Waals surface area (Å²) in [4.78, 5) is 4.24. The molecule has 1 aromatic rings. The predicted molar refractivity (Wildman–Crippen MR) is 72.3 cm³/mol. The van der Waals surface area contributed by atoms with Crippen LogP contribution in [0.15, 0.2) is 23.2 Å². The Morgan fingerprint density at radius 2 is 2.16 bits per heavy atom. The standard InChI is InChI=1S/C12H15F2N3O.ClH/c1-7-8(10(15)11-16-5-6-17-11)3-2-4-9(7)18-12(13)14;/h2-4,10,12H,5-6,15H2,1H3,(H,16,17);1H. The Morgan fingerprint density at radius 1 is 1.42 bits per heavy atom. The van der Waals surface area contributed by atoms with Crippen molar-refractivity contribution in [1.29, 1.82) is 0 Å². The maximum atomic E-state index is 12.2. The van der Waals surface area contributed by atoms with E-state index in [0.29, 0.717) is 17.9 Å². The van der Waals surface area contributed by atoms with Crippen molar-refractivity contribution >= 4 is 18.2 Å². The first kappa shape index (κ1) is 15.7. The second kappa shape index (κ2) is 6.68. The second-order valence-electron chi connectivity index (χ2n) is 4.02. The summed E-state index contributed by atoms with van der Waals surface area (Å²) in [7, 11) is 0. The number of amidine groups is 1. The lowest BCUT2D eigenvalue weighted by Gasteiger charge is -2.17. The summed E-state index contributed by atoms with van der Waals surface area (Å²) in [5.74, 6) is 0.837. The molecule has 2 rings (SSSR count). The average molecular weight is 292 g/mol. The lowest BCUT2D eigenvalue weighted by atomic mass is 10.0. The van der Waals surface area contributed by atoms with Crippen LogP contribution in [0, 0.1) is 6.92 Å². The zero-order chi connectivity index (χ0) is 13.1. The molecular formula is C12H16ClF2N3O. The van der Waals surface area contributed by atoms with Crippen molar-refractivity contribution in [3.63, 3.8) is 0 Å². The van der Waals surface area contributed by atoms with E-state index in [0.717, 1.165) is 12.1 Å². The van der Waals surface area contributed by atoms with Gasteiger partial charge in [-0.3, -0.25) is 4.99 Å². The number of nitrogens with two attached hydrogens (primary N) is 1. The summed E-state index contributed by atoms with van der Waals surface area (Å²) in [5, 5.41) is 3.08. The number of nitrogens with one attached hydrogen (secondary N) is 1. The van der Waals surface area contributed by atoms with Crippen molar-refractivity contribution in [3.05, 3.63) is 29.3 Å². The molecule has 4 nitrogen and oxygen atoms in total. The van der Waals surface area contributed by atoms with Gasteiger partial charge in [-0.15, -0.1) is 12.4 Å². The zero-order valence-corrected chi connectivity index (χ0v) is 11.2. The molecule has 1 aromatic carbocycles. The van der Waals surface area contributed by atoms with Crippen LogP contribution in [0.3, 0.4) is 0 Å². The largest absolute Gasteiger partial charge is 0.435 e. The van der Waals surface area contributed by atoms with Crippen molar-refractivity contribution in [2.45, 2.75) is 19.6 Å². The summed E-state index contributed by atoms with van der Waals surface area (Å²) in [5.41, 5.74) is 7.41. The maximum Gasteiger partial charge on any atom is 0.387 e. The first-order valence-corrected chi connectivity index (χ1v) is 5.67. The van der Waals surface area contributed by atoms with Crippen molar-refractivity contribution in [1.82, 2.24) is 5.32 Å². The van der Waals surface area contributed by atoms with E-state index < -0.39 is 12.7 Å². The van der Waals surface area contributed by atoms with Crippen molar-refractivity contribution in [3.8, 4) is 5.75 Å². The number of aliphatic imine (C=N–C) groups is 1. The van der Waals surface area contributed by atoms with E-state index in [1.807, 2.05) is 0 Å². The zero-order valence-electron chi connectivity index (χ0n) is 10.4. The van der Waals surface area contributed by atoms with Gasteiger partial charge in [0.1, 0.15) is 11.6 Å². The minimum absolute atomic E-state index is 0. The van der Waals surface area contributed by atoms with Crippen LogP contribution in [0.2, 0.25) is 0 Å². The molecule has 19 heavy (non-hydrogen) atoms. The molecule has 1 aliphatic heterocycles. The number of nitrogens with zero attached hydrogens (tertiary/aromatic N) is 1. The van der Waals surface area contributed by atoms with Gasteiger partial charge in [0.2, 0.25) is 0 Å². The number of hydrogen-bond donors (Lipinski definition) is 2. The fourth-order valence-corrected chi connectivity index (χ4v) is 1.96. The summed E-state index contributed by atoms with van der Waals surface area (Å²) in [6.45, 7) is 0.324. The number of ether oxygens (including phenoxy) is 1. The first-order valence-electron chi connectivity index (χ1n) is 5.67. The lowest BCUT2D eigenvalue weighted by molar-refractivity contribution is -0.0503. The lowest BCUT2D eigenvalue weighted by Crippen LogP contribution is -2.31. The van der Waals surface area contributed by atoms with E-state index in [1.165, 1.54) is 6.07 Å². The van der Waals surface area contributed by atoms with Gasteiger partial charge < -0.3 is 15.8 Å². The van der Waals surface area contributed by atoms with E-state index in [1.54, 1.807) is 19.1 Å². The summed E-state index contributed by atoms with van der Waals surface area (Å²) in [6.07, 6.45) is 0. The Labute approximate surface area is 116 Å². The van der Waals surface area contributed by atoms with E-state index in [2.05, 4.69) is 15.0 Å². The highest BCUT2D eigenvalue weighted by atomic mass is 35.5. The summed E-state index contributed by atoms with van der Waals surface area (Å²) < 4.78 is 28.9. The van der Waals surface area contributed by atoms with Gasteiger partial charge in [-0.05, 0) is 24.1 Å². The molecule has 1 aliphatic rings. The summed E-state index contributed by atoms with van der Waals surface area (Å²) >= 11 is 0. The van der Waals surface area contributed by atoms with Crippen molar-refractivity contribution in [2.75, 3.05) is 13.1 Å². The molecule has 106 valence electrons. The molecule has 0 fully saturated rings. The molecule has 0 aromatic heterocycles. The molecule has 0 aliphatic carbocycles. The van der Waals surface area contributed by atoms with Crippen LogP contribution in [0.25, 0.3) is 0 Å². The van der Waals surface area contributed by atoms with Crippen LogP contribution in [0.4, 0.5) is 8.78 Å². The Bertz CT molecular complexity index is 468. The SMILES string of the molecule is Cc1c(OC(F)F)cccc1C(N)C1=NCCN1.Cl. The van der Waals surface area contributed by atoms with Crippen LogP contribution < -0.4 is 15.8 Å². The minimum atomic E-state index is -2.84. The van der Waals surface area contributed by atoms with E-state index in [-0.39, 0.29) is 18.2 Å². The minimum Gasteiger partial charge on any atom is -0.435 e. The quantitative estimate of drug-likeness (QED) is 0.892. The van der Waals surface area contributed by atoms with Gasteiger partial charge in [0, 0.05) is 6.54 Å². The third-order valence-electron chi connectivity index (χ3n) is 2.87. The van der Waals surface area contributed by atoms with Gasteiger partial charge in [-0.2, -0.15) is 8.78 Å². The summed E-state index contributed by atoms with van der Waals surface area (Å²) in [6, 6.07) is 4.51. The smallest absolute Gasteiger partial charge is 0.387 e. The Morgan fingerprint density at radius 3 is 2.74 bits per heavy atom. The van der Waals surface area contributed by atoms with Crippen LogP contribution in [0.5, 0.6) is 5.75 Å². The normalized spacial score (nSPS) is 15.5. The topological polar surface area (TPSA) is 59.6 Å². The fourth-order valence-electron chi connectivity index (χ4n) is 1.96. The third kappa shape index (κ3) is 3.54. The second-order valence-corrected chi connectivity index (χ2v) is 4.02. The number of halogens is 3. The molecule has 0 saturated heterocycles. The molecule has 7 heteroatoms. The predicted octanol–water partition coefficient (Wildman–Crippen LogP) is 2.02. The molecule has 0 radical (unpaired) electrons. The number of hydrogen-bond acceptors (Lipinski definition) is 4. The van der Waals surface area contributed by atoms with Crippen LogP contribution in [-0.4, -0.2) is 25.5 Å². The van der Waals surface area contributed by atoms with Gasteiger partial charge in [-0.25, -0.2) is 0 Å². The first-order chi connectivity index (χ1) is 8.59. The van der Waals surface area contributed by atoms with Crippen molar-refractivity contribution < 1.29 is 13.5 Å². The molecule has 0 amide bonds. The molecule has 0 saturated carbocycles. The van der Waals surface area contributed by atoms with Crippen LogP contribution >= 0.6 is 12.4 Å². The molecular weight excluding hydrogens is 276 g/mol. The molecule has 1 heterocycles. The van der Waals surface area contributed by atoms with Crippen LogP contribution in [0.1, 0.15) is 17.2 Å². The monoisotopic (exact) mass is 291 g/mol. The van der Waals surface area contributed by atoms with E-state index in [4.69, 9.17) is 5.73 Å². The highest BCUT2D eigenvalue weighted by Gasteiger charge is 2.20. The number of benzene rings is 1. The van der Waals surface area contributed by atoms with Gasteiger partial charge in [0.15, 0.2) is 0 Å². The van der Waals surface area contributed by atoms with Crippen molar-refractivity contribution in [2.24, 2.45) is 10.7 Å². The van der Waals surface area contributed by atoms with Crippen LogP contribution in [-0.2, 0) is 0 Å². The highest BCUT2D eigenvalue weighted by molar-refractivity contribution is 5.90. The van der Waals surface area contributed by atoms with Gasteiger partial charge >= 0.3 is 6.61 Å². The highest BCUT2D eigenvalue weighted by Crippen LogP contribution is 2.27. The fraction of sp³-hybridized carbons (Fsp3) is 0.417. The molecule has 1 unspecified atom stereocenters. The Balaban J connectivity index is 0.00000180. The molecule has 0 spiro atoms. The van der Waals surface area contributed by atoms with Gasteiger partial charge in [-0.1, -0.05) is 12.1 Å². The number of rotatable bonds is 4. The Kier molecular flexibility index (Phi) is 5.50. The average Bonchev–Trinajstić information content (AvgIpc) is 2.84. The Hall–Kier alpha value is -1.40. The van der Waals surface area contributed by atoms with Gasteiger partial charge in [0.05, 0.1) is 12.6 Å². The van der Waals surface area contributed by atoms with Gasteiger partial charge in [0.25, 0.3) is 0 Å². The van der Waals surface area contributed by atoms with E-state index >= 15 is 0 Å². The maximum absolute atomic E-state index is 12.2. The molecule has 1 atom stereocenters. The molecule has 0 bridgehead atoms.